The Hall–Kier alpha value is -2.36. The second kappa shape index (κ2) is 6.51. The zero-order chi connectivity index (χ0) is 17.4. The first-order valence-corrected chi connectivity index (χ1v) is 9.16. The molecule has 4 heteroatoms. The standard InChI is InChI=1S/C21H24N2O2/c1-15(24)22-9-4-10-23(12-11-22)21(25)20-14-19(20)18-8-7-16-5-2-3-6-17(16)13-18/h2-3,5-8,13,19-20H,4,9-12,14H2,1H3/t19-,20-/m0/s1. The molecule has 2 aromatic carbocycles. The van der Waals surface area contributed by atoms with Crippen LogP contribution in [0.25, 0.3) is 10.8 Å². The summed E-state index contributed by atoms with van der Waals surface area (Å²) in [5.41, 5.74) is 1.28. The van der Waals surface area contributed by atoms with E-state index in [4.69, 9.17) is 0 Å². The van der Waals surface area contributed by atoms with Gasteiger partial charge in [-0.05, 0) is 35.1 Å². The predicted molar refractivity (Wildman–Crippen MR) is 98.2 cm³/mol. The van der Waals surface area contributed by atoms with Crippen LogP contribution in [0.5, 0.6) is 0 Å². The SMILES string of the molecule is CC(=O)N1CCCN(C(=O)[C@H]2C[C@H]2c2ccc3ccccc3c2)CC1. The van der Waals surface area contributed by atoms with Crippen LogP contribution < -0.4 is 0 Å². The quantitative estimate of drug-likeness (QED) is 0.846. The minimum absolute atomic E-state index is 0.106. The fourth-order valence-corrected chi connectivity index (χ4v) is 3.96. The van der Waals surface area contributed by atoms with Gasteiger partial charge in [0.1, 0.15) is 0 Å². The molecule has 0 N–H and O–H groups in total. The van der Waals surface area contributed by atoms with Crippen LogP contribution in [0.4, 0.5) is 0 Å². The maximum absolute atomic E-state index is 12.9. The third kappa shape index (κ3) is 3.26. The molecule has 0 bridgehead atoms. The molecule has 25 heavy (non-hydrogen) atoms. The molecule has 2 atom stereocenters. The zero-order valence-corrected chi connectivity index (χ0v) is 14.6. The first kappa shape index (κ1) is 16.1. The molecule has 2 aliphatic rings. The lowest BCUT2D eigenvalue weighted by Gasteiger charge is -2.21. The Morgan fingerprint density at radius 2 is 1.64 bits per heavy atom. The van der Waals surface area contributed by atoms with Gasteiger partial charge in [-0.1, -0.05) is 42.5 Å². The predicted octanol–water partition coefficient (Wildman–Crippen LogP) is 3.02. The van der Waals surface area contributed by atoms with Gasteiger partial charge in [0.05, 0.1) is 0 Å². The van der Waals surface area contributed by atoms with Crippen molar-refractivity contribution in [2.45, 2.75) is 25.7 Å². The van der Waals surface area contributed by atoms with Gasteiger partial charge < -0.3 is 9.80 Å². The molecular formula is C21H24N2O2. The Labute approximate surface area is 148 Å². The smallest absolute Gasteiger partial charge is 0.226 e. The number of carbonyl (C=O) groups is 2. The van der Waals surface area contributed by atoms with Crippen LogP contribution in [0, 0.1) is 5.92 Å². The largest absolute Gasteiger partial charge is 0.341 e. The van der Waals surface area contributed by atoms with Crippen molar-refractivity contribution in [3.63, 3.8) is 0 Å². The van der Waals surface area contributed by atoms with Gasteiger partial charge >= 0.3 is 0 Å². The number of nitrogens with zero attached hydrogens (tertiary/aromatic N) is 2. The molecule has 1 aliphatic heterocycles. The maximum atomic E-state index is 12.9. The van der Waals surface area contributed by atoms with E-state index in [0.717, 1.165) is 25.9 Å². The van der Waals surface area contributed by atoms with Gasteiger partial charge in [-0.3, -0.25) is 9.59 Å². The van der Waals surface area contributed by atoms with Crippen molar-refractivity contribution in [1.29, 1.82) is 0 Å². The van der Waals surface area contributed by atoms with Crippen molar-refractivity contribution in [2.75, 3.05) is 26.2 Å². The van der Waals surface area contributed by atoms with Crippen molar-refractivity contribution in [1.82, 2.24) is 9.80 Å². The van der Waals surface area contributed by atoms with Crippen molar-refractivity contribution < 1.29 is 9.59 Å². The first-order chi connectivity index (χ1) is 12.1. The summed E-state index contributed by atoms with van der Waals surface area (Å²) in [5.74, 6) is 0.840. The Bertz CT molecular complexity index is 816. The molecule has 0 aromatic heterocycles. The van der Waals surface area contributed by atoms with Crippen molar-refractivity contribution in [3.05, 3.63) is 48.0 Å². The molecule has 1 aliphatic carbocycles. The van der Waals surface area contributed by atoms with E-state index >= 15 is 0 Å². The lowest BCUT2D eigenvalue weighted by molar-refractivity contribution is -0.133. The summed E-state index contributed by atoms with van der Waals surface area (Å²) in [6, 6.07) is 14.9. The van der Waals surface area contributed by atoms with Crippen molar-refractivity contribution in [2.24, 2.45) is 5.92 Å². The number of fused-ring (bicyclic) bond motifs is 1. The summed E-state index contributed by atoms with van der Waals surface area (Å²) >= 11 is 0. The minimum atomic E-state index is 0.106. The average Bonchev–Trinajstić information content (AvgIpc) is 3.44. The van der Waals surface area contributed by atoms with Crippen molar-refractivity contribution in [3.8, 4) is 0 Å². The number of carbonyl (C=O) groups excluding carboxylic acids is 2. The van der Waals surface area contributed by atoms with Crippen LogP contribution in [0.15, 0.2) is 42.5 Å². The third-order valence-corrected chi connectivity index (χ3v) is 5.56. The Kier molecular flexibility index (Phi) is 4.20. The maximum Gasteiger partial charge on any atom is 0.226 e. The highest BCUT2D eigenvalue weighted by atomic mass is 16.2. The van der Waals surface area contributed by atoms with E-state index in [1.54, 1.807) is 6.92 Å². The minimum Gasteiger partial charge on any atom is -0.341 e. The van der Waals surface area contributed by atoms with Crippen LogP contribution >= 0.6 is 0 Å². The van der Waals surface area contributed by atoms with E-state index in [1.807, 2.05) is 9.80 Å². The molecule has 0 radical (unpaired) electrons. The summed E-state index contributed by atoms with van der Waals surface area (Å²) in [4.78, 5) is 28.2. The highest BCUT2D eigenvalue weighted by Crippen LogP contribution is 2.49. The second-order valence-electron chi connectivity index (χ2n) is 7.24. The summed E-state index contributed by atoms with van der Waals surface area (Å²) in [6.07, 6.45) is 1.82. The van der Waals surface area contributed by atoms with Crippen LogP contribution in [0.1, 0.15) is 31.2 Å². The van der Waals surface area contributed by atoms with Gasteiger partial charge in [-0.25, -0.2) is 0 Å². The fourth-order valence-electron chi connectivity index (χ4n) is 3.96. The molecule has 0 spiro atoms. The Morgan fingerprint density at radius 3 is 2.44 bits per heavy atom. The monoisotopic (exact) mass is 336 g/mol. The van der Waals surface area contributed by atoms with E-state index in [2.05, 4.69) is 42.5 Å². The second-order valence-corrected chi connectivity index (χ2v) is 7.24. The molecule has 130 valence electrons. The normalized spacial score (nSPS) is 23.4. The van der Waals surface area contributed by atoms with Crippen LogP contribution in [0.3, 0.4) is 0 Å². The summed E-state index contributed by atoms with van der Waals surface area (Å²) in [5, 5.41) is 2.48. The lowest BCUT2D eigenvalue weighted by atomic mass is 10.0. The summed E-state index contributed by atoms with van der Waals surface area (Å²) in [7, 11) is 0. The number of rotatable bonds is 2. The van der Waals surface area contributed by atoms with Gasteiger partial charge in [0.25, 0.3) is 0 Å². The van der Waals surface area contributed by atoms with Gasteiger partial charge in [0.2, 0.25) is 11.8 Å². The van der Waals surface area contributed by atoms with E-state index in [-0.39, 0.29) is 17.7 Å². The summed E-state index contributed by atoms with van der Waals surface area (Å²) in [6.45, 7) is 4.46. The van der Waals surface area contributed by atoms with E-state index < -0.39 is 0 Å². The van der Waals surface area contributed by atoms with Crippen molar-refractivity contribution >= 4 is 22.6 Å². The third-order valence-electron chi connectivity index (χ3n) is 5.56. The molecule has 1 saturated heterocycles. The van der Waals surface area contributed by atoms with E-state index in [1.165, 1.54) is 16.3 Å². The molecule has 0 unspecified atom stereocenters. The molecule has 4 nitrogen and oxygen atoms in total. The van der Waals surface area contributed by atoms with E-state index in [0.29, 0.717) is 19.0 Å². The topological polar surface area (TPSA) is 40.6 Å². The lowest BCUT2D eigenvalue weighted by Crippen LogP contribution is -2.37. The molecule has 4 rings (SSSR count). The number of benzene rings is 2. The van der Waals surface area contributed by atoms with Crippen LogP contribution in [-0.4, -0.2) is 47.8 Å². The molecule has 2 fully saturated rings. The zero-order valence-electron chi connectivity index (χ0n) is 14.6. The Balaban J connectivity index is 1.43. The molecule has 2 amide bonds. The average molecular weight is 336 g/mol. The number of amides is 2. The molecule has 2 aromatic rings. The Morgan fingerprint density at radius 1 is 0.920 bits per heavy atom. The van der Waals surface area contributed by atoms with Gasteiger partial charge in [0.15, 0.2) is 0 Å². The number of hydrogen-bond acceptors (Lipinski definition) is 2. The highest BCUT2D eigenvalue weighted by Gasteiger charge is 2.45. The van der Waals surface area contributed by atoms with Crippen LogP contribution in [-0.2, 0) is 9.59 Å². The number of hydrogen-bond donors (Lipinski definition) is 0. The van der Waals surface area contributed by atoms with Gasteiger partial charge in [-0.15, -0.1) is 0 Å². The molecule has 1 heterocycles. The van der Waals surface area contributed by atoms with Crippen LogP contribution in [0.2, 0.25) is 0 Å². The highest BCUT2D eigenvalue weighted by molar-refractivity contribution is 5.86. The fraction of sp³-hybridized carbons (Fsp3) is 0.429. The molecular weight excluding hydrogens is 312 g/mol. The van der Waals surface area contributed by atoms with Gasteiger partial charge in [0, 0.05) is 39.0 Å². The molecule has 1 saturated carbocycles. The van der Waals surface area contributed by atoms with Gasteiger partial charge in [-0.2, -0.15) is 0 Å². The first-order valence-electron chi connectivity index (χ1n) is 9.16. The summed E-state index contributed by atoms with van der Waals surface area (Å²) < 4.78 is 0. The van der Waals surface area contributed by atoms with E-state index in [9.17, 15) is 9.59 Å².